The zero-order valence-electron chi connectivity index (χ0n) is 24.0. The average Bonchev–Trinajstić information content (AvgIpc) is 2.93. The molecule has 0 aliphatic heterocycles. The van der Waals surface area contributed by atoms with Crippen molar-refractivity contribution in [2.45, 2.75) is 64.6 Å². The quantitative estimate of drug-likeness (QED) is 0.339. The molecule has 1 N–H and O–H groups in total. The van der Waals surface area contributed by atoms with E-state index in [1.165, 1.54) is 17.0 Å². The minimum atomic E-state index is -4.10. The molecule has 3 aromatic rings. The van der Waals surface area contributed by atoms with Crippen LogP contribution in [-0.2, 0) is 26.2 Å². The molecule has 0 saturated heterocycles. The molecule has 0 aliphatic rings. The van der Waals surface area contributed by atoms with Crippen molar-refractivity contribution in [1.29, 1.82) is 0 Å². The molecule has 0 fully saturated rings. The lowest BCUT2D eigenvalue weighted by Gasteiger charge is -2.32. The number of nitrogens with one attached hydrogen (secondary N) is 1. The van der Waals surface area contributed by atoms with Crippen LogP contribution >= 0.6 is 0 Å². The van der Waals surface area contributed by atoms with Gasteiger partial charge in [0.1, 0.15) is 18.3 Å². The van der Waals surface area contributed by atoms with Gasteiger partial charge in [0, 0.05) is 12.6 Å². The second kappa shape index (κ2) is 13.5. The number of amides is 2. The smallest absolute Gasteiger partial charge is 0.264 e. The predicted octanol–water partition coefficient (Wildman–Crippen LogP) is 4.84. The van der Waals surface area contributed by atoms with Gasteiger partial charge in [-0.05, 0) is 87.2 Å². The summed E-state index contributed by atoms with van der Waals surface area (Å²) < 4.78 is 34.3. The molecule has 0 aromatic heterocycles. The van der Waals surface area contributed by atoms with Crippen LogP contribution in [0.3, 0.4) is 0 Å². The Morgan fingerprint density at radius 2 is 1.57 bits per heavy atom. The third kappa shape index (κ3) is 7.63. The van der Waals surface area contributed by atoms with Crippen LogP contribution < -0.4 is 14.4 Å². The number of hydrogen-bond acceptors (Lipinski definition) is 5. The Morgan fingerprint density at radius 3 is 2.17 bits per heavy atom. The number of carbonyl (C=O) groups excluding carboxylic acids is 2. The maximum atomic E-state index is 14.0. The summed E-state index contributed by atoms with van der Waals surface area (Å²) in [5.74, 6) is -0.201. The molecular weight excluding hydrogens is 526 g/mol. The van der Waals surface area contributed by atoms with Crippen LogP contribution in [0.4, 0.5) is 5.69 Å². The largest absolute Gasteiger partial charge is 0.497 e. The maximum Gasteiger partial charge on any atom is 0.264 e. The molecule has 0 radical (unpaired) electrons. The Balaban J connectivity index is 2.05. The Kier molecular flexibility index (Phi) is 10.3. The second-order valence-corrected chi connectivity index (χ2v) is 11.9. The number of sulfonamides is 1. The fraction of sp³-hybridized carbons (Fsp3) is 0.355. The van der Waals surface area contributed by atoms with Crippen LogP contribution in [0.5, 0.6) is 5.75 Å². The number of ether oxygens (including phenoxy) is 1. The third-order valence-corrected chi connectivity index (χ3v) is 8.55. The van der Waals surface area contributed by atoms with E-state index >= 15 is 0 Å². The average molecular weight is 566 g/mol. The van der Waals surface area contributed by atoms with Crippen LogP contribution in [0, 0.1) is 13.8 Å². The highest BCUT2D eigenvalue weighted by atomic mass is 32.2. The fourth-order valence-corrected chi connectivity index (χ4v) is 5.78. The summed E-state index contributed by atoms with van der Waals surface area (Å²) >= 11 is 0. The zero-order chi connectivity index (χ0) is 29.4. The van der Waals surface area contributed by atoms with Gasteiger partial charge in [-0.2, -0.15) is 0 Å². The number of methoxy groups -OCH3 is 1. The first-order chi connectivity index (χ1) is 19.0. The van der Waals surface area contributed by atoms with Crippen molar-refractivity contribution in [2.75, 3.05) is 18.0 Å². The van der Waals surface area contributed by atoms with Crippen molar-refractivity contribution < 1.29 is 22.7 Å². The standard InChI is InChI=1S/C31H39N3O5S/c1-7-24(4)32-31(36)25(5)33(20-26-12-11-13-28(19-26)39-6)30(35)21-34(27-17-22(2)16-23(3)18-27)40(37,38)29-14-9-8-10-15-29/h8-19,24-25H,7,20-21H2,1-6H3,(H,32,36)/t24-,25+/m0/s1. The van der Waals surface area contributed by atoms with E-state index in [-0.39, 0.29) is 23.4 Å². The SMILES string of the molecule is CC[C@H](C)NC(=O)[C@@H](C)N(Cc1cccc(OC)c1)C(=O)CN(c1cc(C)cc(C)c1)S(=O)(=O)c1ccccc1. The van der Waals surface area contributed by atoms with Gasteiger partial charge in [0.05, 0.1) is 17.7 Å². The lowest BCUT2D eigenvalue weighted by atomic mass is 10.1. The summed E-state index contributed by atoms with van der Waals surface area (Å²) in [6.45, 7) is 8.88. The van der Waals surface area contributed by atoms with Crippen LogP contribution in [-0.4, -0.2) is 50.9 Å². The molecule has 214 valence electrons. The molecule has 0 saturated carbocycles. The number of anilines is 1. The van der Waals surface area contributed by atoms with Gasteiger partial charge in [0.2, 0.25) is 11.8 Å². The molecule has 3 rings (SSSR count). The van der Waals surface area contributed by atoms with E-state index in [2.05, 4.69) is 5.32 Å². The van der Waals surface area contributed by atoms with Crippen molar-refractivity contribution in [3.8, 4) is 5.75 Å². The Bertz CT molecular complexity index is 1410. The number of rotatable bonds is 12. The van der Waals surface area contributed by atoms with Crippen molar-refractivity contribution in [1.82, 2.24) is 10.2 Å². The monoisotopic (exact) mass is 565 g/mol. The van der Waals surface area contributed by atoms with Crippen LogP contribution in [0.25, 0.3) is 0 Å². The number of hydrogen-bond donors (Lipinski definition) is 1. The van der Waals surface area contributed by atoms with Crippen LogP contribution in [0.2, 0.25) is 0 Å². The van der Waals surface area contributed by atoms with Gasteiger partial charge in [-0.1, -0.05) is 43.3 Å². The Hall–Kier alpha value is -3.85. The first-order valence-corrected chi connectivity index (χ1v) is 14.8. The molecular formula is C31H39N3O5S. The van der Waals surface area contributed by atoms with E-state index in [1.54, 1.807) is 56.5 Å². The van der Waals surface area contributed by atoms with E-state index in [9.17, 15) is 18.0 Å². The molecule has 2 amide bonds. The highest BCUT2D eigenvalue weighted by Gasteiger charge is 2.33. The molecule has 9 heteroatoms. The molecule has 0 bridgehead atoms. The lowest BCUT2D eigenvalue weighted by Crippen LogP contribution is -2.52. The van der Waals surface area contributed by atoms with Gasteiger partial charge >= 0.3 is 0 Å². The van der Waals surface area contributed by atoms with Gasteiger partial charge in [0.25, 0.3) is 10.0 Å². The van der Waals surface area contributed by atoms with Gasteiger partial charge < -0.3 is 15.0 Å². The van der Waals surface area contributed by atoms with Gasteiger partial charge in [-0.25, -0.2) is 8.42 Å². The van der Waals surface area contributed by atoms with E-state index in [4.69, 9.17) is 4.74 Å². The predicted molar refractivity (Wildman–Crippen MR) is 158 cm³/mol. The van der Waals surface area contributed by atoms with Crippen molar-refractivity contribution in [2.24, 2.45) is 0 Å². The third-order valence-electron chi connectivity index (χ3n) is 6.76. The minimum absolute atomic E-state index is 0.0730. The first-order valence-electron chi connectivity index (χ1n) is 13.3. The van der Waals surface area contributed by atoms with E-state index < -0.39 is 28.5 Å². The summed E-state index contributed by atoms with van der Waals surface area (Å²) in [7, 11) is -2.55. The summed E-state index contributed by atoms with van der Waals surface area (Å²) in [5.41, 5.74) is 2.86. The number of aryl methyl sites for hydroxylation is 2. The summed E-state index contributed by atoms with van der Waals surface area (Å²) in [6.07, 6.45) is 0.734. The highest BCUT2D eigenvalue weighted by Crippen LogP contribution is 2.27. The summed E-state index contributed by atoms with van der Waals surface area (Å²) in [5, 5.41) is 2.94. The lowest BCUT2D eigenvalue weighted by molar-refractivity contribution is -0.139. The molecule has 40 heavy (non-hydrogen) atoms. The van der Waals surface area contributed by atoms with Crippen molar-refractivity contribution >= 4 is 27.5 Å². The fourth-order valence-electron chi connectivity index (χ4n) is 4.36. The number of nitrogens with zero attached hydrogens (tertiary/aromatic N) is 2. The number of benzene rings is 3. The first kappa shape index (κ1) is 30.7. The molecule has 0 spiro atoms. The number of carbonyl (C=O) groups is 2. The highest BCUT2D eigenvalue weighted by molar-refractivity contribution is 7.92. The summed E-state index contributed by atoms with van der Waals surface area (Å²) in [4.78, 5) is 28.7. The maximum absolute atomic E-state index is 14.0. The normalized spacial score (nSPS) is 12.8. The molecule has 0 heterocycles. The van der Waals surface area contributed by atoms with Crippen LogP contribution in [0.1, 0.15) is 43.9 Å². The second-order valence-electron chi connectivity index (χ2n) is 10.0. The van der Waals surface area contributed by atoms with Gasteiger partial charge in [-0.15, -0.1) is 0 Å². The Morgan fingerprint density at radius 1 is 0.925 bits per heavy atom. The molecule has 2 atom stereocenters. The van der Waals surface area contributed by atoms with E-state index in [0.717, 1.165) is 27.4 Å². The van der Waals surface area contributed by atoms with Crippen molar-refractivity contribution in [3.05, 3.63) is 89.5 Å². The van der Waals surface area contributed by atoms with Crippen molar-refractivity contribution in [3.63, 3.8) is 0 Å². The Labute approximate surface area is 238 Å². The van der Waals surface area contributed by atoms with E-state index in [1.807, 2.05) is 45.9 Å². The summed E-state index contributed by atoms with van der Waals surface area (Å²) in [6, 6.07) is 19.8. The molecule has 8 nitrogen and oxygen atoms in total. The minimum Gasteiger partial charge on any atom is -0.497 e. The topological polar surface area (TPSA) is 96.0 Å². The molecule has 3 aromatic carbocycles. The molecule has 0 unspecified atom stereocenters. The molecule has 0 aliphatic carbocycles. The van der Waals surface area contributed by atoms with Crippen LogP contribution in [0.15, 0.2) is 77.7 Å². The van der Waals surface area contributed by atoms with Gasteiger partial charge in [-0.3, -0.25) is 13.9 Å². The van der Waals surface area contributed by atoms with Gasteiger partial charge in [0.15, 0.2) is 0 Å². The van der Waals surface area contributed by atoms with E-state index in [0.29, 0.717) is 11.4 Å². The zero-order valence-corrected chi connectivity index (χ0v) is 24.9.